The highest BCUT2D eigenvalue weighted by Gasteiger charge is 2.10. The zero-order valence-corrected chi connectivity index (χ0v) is 13.6. The third-order valence-corrected chi connectivity index (χ3v) is 3.69. The third-order valence-electron chi connectivity index (χ3n) is 2.98. The Kier molecular flexibility index (Phi) is 5.45. The summed E-state index contributed by atoms with van der Waals surface area (Å²) in [5, 5.41) is 13.5. The summed E-state index contributed by atoms with van der Waals surface area (Å²) < 4.78 is 19.5. The lowest BCUT2D eigenvalue weighted by atomic mass is 10.1. The van der Waals surface area contributed by atoms with E-state index in [4.69, 9.17) is 16.3 Å². The van der Waals surface area contributed by atoms with Crippen LogP contribution in [0.5, 0.6) is 11.5 Å². The van der Waals surface area contributed by atoms with Crippen molar-refractivity contribution < 1.29 is 14.2 Å². The maximum absolute atomic E-state index is 13.6. The van der Waals surface area contributed by atoms with Crippen molar-refractivity contribution in [3.05, 3.63) is 56.8 Å². The smallest absolute Gasteiger partial charge is 0.162 e. The number of methoxy groups -OCH3 is 1. The first-order valence-corrected chi connectivity index (χ1v) is 7.38. The first kappa shape index (κ1) is 16.1. The molecule has 0 saturated carbocycles. The van der Waals surface area contributed by atoms with E-state index >= 15 is 0 Å². The van der Waals surface area contributed by atoms with E-state index in [1.807, 2.05) is 0 Å². The quantitative estimate of drug-likeness (QED) is 0.822. The molecule has 0 bridgehead atoms. The Morgan fingerprint density at radius 3 is 2.67 bits per heavy atom. The Labute approximate surface area is 135 Å². The fourth-order valence-electron chi connectivity index (χ4n) is 1.93. The summed E-state index contributed by atoms with van der Waals surface area (Å²) in [6.07, 6.45) is 0. The van der Waals surface area contributed by atoms with Gasteiger partial charge in [-0.1, -0.05) is 27.5 Å². The molecule has 2 N–H and O–H groups in total. The molecule has 0 saturated heterocycles. The van der Waals surface area contributed by atoms with Gasteiger partial charge in [0.15, 0.2) is 11.5 Å². The van der Waals surface area contributed by atoms with Gasteiger partial charge < -0.3 is 15.2 Å². The van der Waals surface area contributed by atoms with Gasteiger partial charge in [-0.05, 0) is 24.3 Å². The molecule has 0 radical (unpaired) electrons. The van der Waals surface area contributed by atoms with Crippen molar-refractivity contribution in [2.24, 2.45) is 0 Å². The molecule has 6 heteroatoms. The first-order valence-electron chi connectivity index (χ1n) is 6.21. The summed E-state index contributed by atoms with van der Waals surface area (Å²) in [4.78, 5) is 0. The molecule has 0 aromatic heterocycles. The number of phenolic OH excluding ortho intramolecular Hbond substituents is 1. The van der Waals surface area contributed by atoms with Crippen molar-refractivity contribution in [2.45, 2.75) is 13.1 Å². The number of nitrogens with one attached hydrogen (secondary N) is 1. The van der Waals surface area contributed by atoms with Crippen molar-refractivity contribution in [1.29, 1.82) is 0 Å². The highest BCUT2D eigenvalue weighted by atomic mass is 79.9. The van der Waals surface area contributed by atoms with Crippen LogP contribution in [0.3, 0.4) is 0 Å². The number of hydrogen-bond acceptors (Lipinski definition) is 3. The molecule has 0 spiro atoms. The van der Waals surface area contributed by atoms with Gasteiger partial charge in [0.1, 0.15) is 5.82 Å². The van der Waals surface area contributed by atoms with Crippen LogP contribution in [0.25, 0.3) is 0 Å². The molecule has 3 nitrogen and oxygen atoms in total. The first-order chi connectivity index (χ1) is 10.0. The highest BCUT2D eigenvalue weighted by Crippen LogP contribution is 2.33. The fraction of sp³-hybridized carbons (Fsp3) is 0.200. The van der Waals surface area contributed by atoms with Gasteiger partial charge in [-0.3, -0.25) is 0 Å². The van der Waals surface area contributed by atoms with Crippen molar-refractivity contribution in [3.63, 3.8) is 0 Å². The van der Waals surface area contributed by atoms with Crippen LogP contribution in [0.4, 0.5) is 4.39 Å². The van der Waals surface area contributed by atoms with E-state index in [1.54, 1.807) is 18.2 Å². The number of ether oxygens (including phenoxy) is 1. The Balaban J connectivity index is 2.07. The lowest BCUT2D eigenvalue weighted by Gasteiger charge is -2.11. The van der Waals surface area contributed by atoms with E-state index in [0.717, 1.165) is 4.47 Å². The Hall–Kier alpha value is -1.30. The van der Waals surface area contributed by atoms with Gasteiger partial charge in [0, 0.05) is 39.8 Å². The van der Waals surface area contributed by atoms with Crippen molar-refractivity contribution >= 4 is 27.5 Å². The second-order valence-corrected chi connectivity index (χ2v) is 5.81. The Bertz CT molecular complexity index is 652. The van der Waals surface area contributed by atoms with Crippen LogP contribution in [0.1, 0.15) is 11.1 Å². The molecule has 112 valence electrons. The predicted octanol–water partition coefficient (Wildman–Crippen LogP) is 4.25. The average molecular weight is 375 g/mol. The Morgan fingerprint density at radius 2 is 1.95 bits per heavy atom. The van der Waals surface area contributed by atoms with E-state index in [9.17, 15) is 9.50 Å². The van der Waals surface area contributed by atoms with Gasteiger partial charge in [0.2, 0.25) is 0 Å². The summed E-state index contributed by atoms with van der Waals surface area (Å²) in [6, 6.07) is 7.94. The number of rotatable bonds is 5. The summed E-state index contributed by atoms with van der Waals surface area (Å²) in [7, 11) is 1.46. The SMILES string of the molecule is COc1cc(Cl)cc(CNCc2cc(Br)ccc2F)c1O. The van der Waals surface area contributed by atoms with Gasteiger partial charge >= 0.3 is 0 Å². The van der Waals surface area contributed by atoms with Gasteiger partial charge in [-0.2, -0.15) is 0 Å². The van der Waals surface area contributed by atoms with Crippen LogP contribution in [-0.4, -0.2) is 12.2 Å². The van der Waals surface area contributed by atoms with Crippen molar-refractivity contribution in [3.8, 4) is 11.5 Å². The minimum absolute atomic E-state index is 0.0316. The normalized spacial score (nSPS) is 10.7. The summed E-state index contributed by atoms with van der Waals surface area (Å²) in [6.45, 7) is 0.675. The molecule has 0 amide bonds. The van der Waals surface area contributed by atoms with Gasteiger partial charge in [-0.15, -0.1) is 0 Å². The minimum atomic E-state index is -0.279. The van der Waals surface area contributed by atoms with E-state index < -0.39 is 0 Å². The van der Waals surface area contributed by atoms with Crippen LogP contribution in [0.15, 0.2) is 34.8 Å². The zero-order valence-electron chi connectivity index (χ0n) is 11.3. The van der Waals surface area contributed by atoms with Crippen molar-refractivity contribution in [2.75, 3.05) is 7.11 Å². The van der Waals surface area contributed by atoms with Gasteiger partial charge in [-0.25, -0.2) is 4.39 Å². The number of phenols is 1. The van der Waals surface area contributed by atoms with E-state index in [0.29, 0.717) is 35.0 Å². The molecule has 2 aromatic carbocycles. The summed E-state index contributed by atoms with van der Waals surface area (Å²) in [5.74, 6) is 0.0654. The van der Waals surface area contributed by atoms with Gasteiger partial charge in [0.25, 0.3) is 0 Å². The Morgan fingerprint density at radius 1 is 1.24 bits per heavy atom. The van der Waals surface area contributed by atoms with Crippen LogP contribution in [0, 0.1) is 5.82 Å². The lowest BCUT2D eigenvalue weighted by molar-refractivity contribution is 0.369. The van der Waals surface area contributed by atoms with Crippen molar-refractivity contribution in [1.82, 2.24) is 5.32 Å². The lowest BCUT2D eigenvalue weighted by Crippen LogP contribution is -2.14. The second-order valence-electron chi connectivity index (χ2n) is 4.46. The topological polar surface area (TPSA) is 41.5 Å². The molecule has 2 aromatic rings. The monoisotopic (exact) mass is 373 g/mol. The predicted molar refractivity (Wildman–Crippen MR) is 84.3 cm³/mol. The molecule has 0 aliphatic heterocycles. The van der Waals surface area contributed by atoms with Gasteiger partial charge in [0.05, 0.1) is 7.11 Å². The second kappa shape index (κ2) is 7.11. The minimum Gasteiger partial charge on any atom is -0.504 e. The number of aromatic hydroxyl groups is 1. The third kappa shape index (κ3) is 4.09. The van der Waals surface area contributed by atoms with Crippen LogP contribution in [0.2, 0.25) is 5.02 Å². The molecule has 0 heterocycles. The molecular weight excluding hydrogens is 361 g/mol. The molecule has 0 aliphatic carbocycles. The molecule has 0 fully saturated rings. The average Bonchev–Trinajstić information content (AvgIpc) is 2.45. The standard InChI is InChI=1S/C15H14BrClFNO2/c1-21-14-6-12(17)5-10(15(14)20)8-19-7-9-4-11(16)2-3-13(9)18/h2-6,19-20H,7-8H2,1H3. The summed E-state index contributed by atoms with van der Waals surface area (Å²) in [5.41, 5.74) is 1.13. The number of halogens is 3. The van der Waals surface area contributed by atoms with Crippen LogP contribution < -0.4 is 10.1 Å². The van der Waals surface area contributed by atoms with Crippen LogP contribution in [-0.2, 0) is 13.1 Å². The molecule has 0 unspecified atom stereocenters. The molecule has 0 atom stereocenters. The maximum atomic E-state index is 13.6. The van der Waals surface area contributed by atoms with Crippen LogP contribution >= 0.6 is 27.5 Å². The largest absolute Gasteiger partial charge is 0.504 e. The molecule has 21 heavy (non-hydrogen) atoms. The molecule has 0 aliphatic rings. The van der Waals surface area contributed by atoms with E-state index in [1.165, 1.54) is 19.2 Å². The van der Waals surface area contributed by atoms with E-state index in [-0.39, 0.29) is 11.6 Å². The number of hydrogen-bond donors (Lipinski definition) is 2. The molecular formula is C15H14BrClFNO2. The summed E-state index contributed by atoms with van der Waals surface area (Å²) >= 11 is 9.26. The fourth-order valence-corrected chi connectivity index (χ4v) is 2.57. The molecule has 2 rings (SSSR count). The highest BCUT2D eigenvalue weighted by molar-refractivity contribution is 9.10. The zero-order chi connectivity index (χ0) is 15.4. The van der Waals surface area contributed by atoms with E-state index in [2.05, 4.69) is 21.2 Å². The number of benzene rings is 2. The maximum Gasteiger partial charge on any atom is 0.162 e.